The summed E-state index contributed by atoms with van der Waals surface area (Å²) in [6, 6.07) is 12.7. The smallest absolute Gasteiger partial charge is 0.261 e. The highest BCUT2D eigenvalue weighted by Gasteiger charge is 2.39. The molecule has 130 valence electrons. The van der Waals surface area contributed by atoms with E-state index in [0.29, 0.717) is 12.8 Å². The van der Waals surface area contributed by atoms with Crippen molar-refractivity contribution < 1.29 is 19.2 Å². The quantitative estimate of drug-likeness (QED) is 0.801. The first-order valence-electron chi connectivity index (χ1n) is 8.59. The first-order valence-corrected chi connectivity index (χ1v) is 8.59. The molecule has 1 aliphatic carbocycles. The van der Waals surface area contributed by atoms with Crippen LogP contribution in [-0.4, -0.2) is 35.3 Å². The van der Waals surface area contributed by atoms with Gasteiger partial charge >= 0.3 is 0 Å². The zero-order chi connectivity index (χ0) is 18.4. The van der Waals surface area contributed by atoms with E-state index in [1.807, 2.05) is 30.3 Å². The van der Waals surface area contributed by atoms with Crippen LogP contribution in [0.1, 0.15) is 59.8 Å². The molecular weight excluding hydrogens is 330 g/mol. The number of carbonyl (C=O) groups is 4. The summed E-state index contributed by atoms with van der Waals surface area (Å²) < 4.78 is 0. The van der Waals surface area contributed by atoms with Gasteiger partial charge in [0.05, 0.1) is 11.1 Å². The average molecular weight is 347 g/mol. The van der Waals surface area contributed by atoms with Crippen LogP contribution in [0.4, 0.5) is 0 Å². The minimum Gasteiger partial charge on any atom is -0.294 e. The Balaban J connectivity index is 1.65. The number of fused-ring (bicyclic) bond motifs is 2. The molecule has 1 unspecified atom stereocenters. The van der Waals surface area contributed by atoms with Crippen molar-refractivity contribution >= 4 is 23.4 Å². The van der Waals surface area contributed by atoms with Crippen molar-refractivity contribution in [2.75, 3.05) is 7.05 Å². The molecule has 1 heterocycles. The molecule has 0 N–H and O–H groups in total. The SMILES string of the molecule is CN1C(=O)c2cc3c(cc2C1=O)C(=O)C(CCc1ccccc1)CC3=O. The van der Waals surface area contributed by atoms with E-state index in [1.165, 1.54) is 19.2 Å². The molecule has 0 aromatic heterocycles. The van der Waals surface area contributed by atoms with E-state index in [0.717, 1.165) is 10.5 Å². The summed E-state index contributed by atoms with van der Waals surface area (Å²) in [6.45, 7) is 0. The van der Waals surface area contributed by atoms with E-state index in [-0.39, 0.29) is 40.2 Å². The maximum Gasteiger partial charge on any atom is 0.261 e. The molecule has 1 aliphatic heterocycles. The number of hydrogen-bond donors (Lipinski definition) is 0. The molecule has 2 amide bonds. The molecule has 0 fully saturated rings. The Hall–Kier alpha value is -3.08. The van der Waals surface area contributed by atoms with Crippen molar-refractivity contribution in [3.05, 3.63) is 70.3 Å². The summed E-state index contributed by atoms with van der Waals surface area (Å²) in [7, 11) is 1.40. The van der Waals surface area contributed by atoms with Crippen molar-refractivity contribution in [3.63, 3.8) is 0 Å². The lowest BCUT2D eigenvalue weighted by Gasteiger charge is -2.23. The molecule has 2 aromatic rings. The van der Waals surface area contributed by atoms with Gasteiger partial charge in [-0.15, -0.1) is 0 Å². The second-order valence-electron chi connectivity index (χ2n) is 6.83. The summed E-state index contributed by atoms with van der Waals surface area (Å²) in [4.78, 5) is 50.8. The molecule has 1 atom stereocenters. The van der Waals surface area contributed by atoms with Crippen molar-refractivity contribution in [3.8, 4) is 0 Å². The molecule has 0 spiro atoms. The summed E-state index contributed by atoms with van der Waals surface area (Å²) in [5.41, 5.74) is 2.08. The average Bonchev–Trinajstić information content (AvgIpc) is 2.87. The van der Waals surface area contributed by atoms with Crippen LogP contribution in [-0.2, 0) is 6.42 Å². The first kappa shape index (κ1) is 16.4. The lowest BCUT2D eigenvalue weighted by molar-refractivity contribution is 0.0692. The molecule has 0 radical (unpaired) electrons. The first-order chi connectivity index (χ1) is 12.5. The van der Waals surface area contributed by atoms with Gasteiger partial charge in [0, 0.05) is 30.5 Å². The van der Waals surface area contributed by atoms with Gasteiger partial charge in [-0.05, 0) is 30.5 Å². The van der Waals surface area contributed by atoms with Gasteiger partial charge in [-0.25, -0.2) is 0 Å². The summed E-state index contributed by atoms with van der Waals surface area (Å²) in [5.74, 6) is -1.51. The molecule has 4 rings (SSSR count). The van der Waals surface area contributed by atoms with Gasteiger partial charge in [0.25, 0.3) is 11.8 Å². The fourth-order valence-corrected chi connectivity index (χ4v) is 3.71. The lowest BCUT2D eigenvalue weighted by Crippen LogP contribution is -2.28. The Bertz CT molecular complexity index is 961. The molecule has 2 aromatic carbocycles. The summed E-state index contributed by atoms with van der Waals surface area (Å²) >= 11 is 0. The van der Waals surface area contributed by atoms with Crippen LogP contribution < -0.4 is 0 Å². The van der Waals surface area contributed by atoms with E-state index in [2.05, 4.69) is 0 Å². The number of nitrogens with zero attached hydrogens (tertiary/aromatic N) is 1. The topological polar surface area (TPSA) is 71.5 Å². The number of hydrogen-bond acceptors (Lipinski definition) is 4. The van der Waals surface area contributed by atoms with E-state index in [9.17, 15) is 19.2 Å². The fraction of sp³-hybridized carbons (Fsp3) is 0.238. The van der Waals surface area contributed by atoms with E-state index < -0.39 is 17.7 Å². The zero-order valence-corrected chi connectivity index (χ0v) is 14.3. The van der Waals surface area contributed by atoms with Gasteiger partial charge in [0.1, 0.15) is 0 Å². The Labute approximate surface area is 150 Å². The van der Waals surface area contributed by atoms with Crippen LogP contribution in [0.2, 0.25) is 0 Å². The van der Waals surface area contributed by atoms with Gasteiger partial charge in [-0.3, -0.25) is 24.1 Å². The van der Waals surface area contributed by atoms with Crippen molar-refractivity contribution in [1.82, 2.24) is 4.90 Å². The third-order valence-corrected chi connectivity index (χ3v) is 5.22. The van der Waals surface area contributed by atoms with E-state index in [4.69, 9.17) is 0 Å². The number of imide groups is 1. The standard InChI is InChI=1S/C21H17NO4/c1-22-20(25)16-10-14-15(11-17(16)21(22)26)19(24)13(9-18(14)23)8-7-12-5-3-2-4-6-12/h2-6,10-11,13H,7-9H2,1H3. The summed E-state index contributed by atoms with van der Waals surface area (Å²) in [5, 5.41) is 0. The predicted molar refractivity (Wildman–Crippen MR) is 94.4 cm³/mol. The Morgan fingerprint density at radius 3 is 2.15 bits per heavy atom. The maximum absolute atomic E-state index is 12.9. The van der Waals surface area contributed by atoms with Crippen LogP contribution in [0.25, 0.3) is 0 Å². The second kappa shape index (κ2) is 6.02. The number of benzene rings is 2. The Kier molecular flexibility index (Phi) is 3.80. The number of ketones is 2. The lowest BCUT2D eigenvalue weighted by atomic mass is 9.78. The highest BCUT2D eigenvalue weighted by Crippen LogP contribution is 2.33. The highest BCUT2D eigenvalue weighted by molar-refractivity contribution is 6.24. The minimum absolute atomic E-state index is 0.117. The largest absolute Gasteiger partial charge is 0.294 e. The third-order valence-electron chi connectivity index (χ3n) is 5.22. The van der Waals surface area contributed by atoms with Gasteiger partial charge in [0.2, 0.25) is 0 Å². The van der Waals surface area contributed by atoms with Gasteiger partial charge in [0.15, 0.2) is 11.6 Å². The molecule has 26 heavy (non-hydrogen) atoms. The molecule has 5 heteroatoms. The fourth-order valence-electron chi connectivity index (χ4n) is 3.71. The number of carbonyl (C=O) groups excluding carboxylic acids is 4. The maximum atomic E-state index is 12.9. The molecule has 0 saturated heterocycles. The molecule has 0 saturated carbocycles. The van der Waals surface area contributed by atoms with Gasteiger partial charge < -0.3 is 0 Å². The highest BCUT2D eigenvalue weighted by atomic mass is 16.2. The van der Waals surface area contributed by atoms with Crippen LogP contribution in [0.3, 0.4) is 0 Å². The number of rotatable bonds is 3. The van der Waals surface area contributed by atoms with Gasteiger partial charge in [-0.2, -0.15) is 0 Å². The van der Waals surface area contributed by atoms with E-state index in [1.54, 1.807) is 0 Å². The van der Waals surface area contributed by atoms with Crippen molar-refractivity contribution in [1.29, 1.82) is 0 Å². The predicted octanol–water partition coefficient (Wildman–Crippen LogP) is 2.93. The van der Waals surface area contributed by atoms with Crippen LogP contribution >= 0.6 is 0 Å². The minimum atomic E-state index is -0.431. The number of amides is 2. The molecule has 2 aliphatic rings. The number of Topliss-reactive ketones (excluding diaryl/α,β-unsaturated/α-hetero) is 2. The zero-order valence-electron chi connectivity index (χ0n) is 14.3. The second-order valence-corrected chi connectivity index (χ2v) is 6.83. The summed E-state index contributed by atoms with van der Waals surface area (Å²) in [6.07, 6.45) is 1.44. The Morgan fingerprint density at radius 2 is 1.50 bits per heavy atom. The molecular formula is C21H17NO4. The normalized spacial score (nSPS) is 19.0. The Morgan fingerprint density at radius 1 is 0.885 bits per heavy atom. The third kappa shape index (κ3) is 2.47. The molecule has 5 nitrogen and oxygen atoms in total. The van der Waals surface area contributed by atoms with Crippen LogP contribution in [0.5, 0.6) is 0 Å². The van der Waals surface area contributed by atoms with E-state index >= 15 is 0 Å². The van der Waals surface area contributed by atoms with Crippen molar-refractivity contribution in [2.24, 2.45) is 5.92 Å². The number of aryl methyl sites for hydroxylation is 1. The van der Waals surface area contributed by atoms with Crippen LogP contribution in [0, 0.1) is 5.92 Å². The van der Waals surface area contributed by atoms with Crippen molar-refractivity contribution in [2.45, 2.75) is 19.3 Å². The molecule has 0 bridgehead atoms. The van der Waals surface area contributed by atoms with Crippen LogP contribution in [0.15, 0.2) is 42.5 Å². The van der Waals surface area contributed by atoms with Gasteiger partial charge in [-0.1, -0.05) is 30.3 Å². The monoisotopic (exact) mass is 347 g/mol.